The molecule has 1 heterocycles. The van der Waals surface area contributed by atoms with Crippen LogP contribution in [0.1, 0.15) is 32.5 Å². The highest BCUT2D eigenvalue weighted by molar-refractivity contribution is 9.10. The quantitative estimate of drug-likeness (QED) is 0.586. The Bertz CT molecular complexity index is 840. The summed E-state index contributed by atoms with van der Waals surface area (Å²) in [5.74, 6) is -0.196. The number of esters is 1. The van der Waals surface area contributed by atoms with Gasteiger partial charge in [-0.1, -0.05) is 12.1 Å². The number of benzene rings is 2. The number of hydrogen-bond acceptors (Lipinski definition) is 6. The lowest BCUT2D eigenvalue weighted by Crippen LogP contribution is -2.40. The molecule has 0 bridgehead atoms. The van der Waals surface area contributed by atoms with Crippen LogP contribution >= 0.6 is 15.9 Å². The molecule has 1 unspecified atom stereocenters. The van der Waals surface area contributed by atoms with Gasteiger partial charge in [0.05, 0.1) is 19.8 Å². The number of nitrogens with one attached hydrogen (secondary N) is 2. The summed E-state index contributed by atoms with van der Waals surface area (Å²) in [6, 6.07) is 10.3. The Kier molecular flexibility index (Phi) is 4.91. The Balaban J connectivity index is 1.80. The Morgan fingerprint density at radius 1 is 1.16 bits per heavy atom. The van der Waals surface area contributed by atoms with Gasteiger partial charge >= 0.3 is 5.97 Å². The van der Waals surface area contributed by atoms with E-state index in [1.54, 1.807) is 30.3 Å². The minimum absolute atomic E-state index is 0.273. The van der Waals surface area contributed by atoms with Gasteiger partial charge in [0.1, 0.15) is 5.56 Å². The summed E-state index contributed by atoms with van der Waals surface area (Å²) in [5.41, 5.74) is 6.54. The normalized spacial score (nSPS) is 15.3. The Morgan fingerprint density at radius 2 is 1.92 bits per heavy atom. The maximum absolute atomic E-state index is 12.3. The number of cyclic esters (lactones) is 1. The van der Waals surface area contributed by atoms with Crippen molar-refractivity contribution in [3.63, 3.8) is 0 Å². The van der Waals surface area contributed by atoms with Crippen LogP contribution in [0.2, 0.25) is 0 Å². The standard InChI is InChI=1S/C17H15BrN2O5/c1-23-12-8-7-10-13(14(12)24-2)17(22)25-16(10)20-19-15(21)9-5-3-4-6-11(9)18/h3-8,16,20H,1-2H3,(H,19,21). The van der Waals surface area contributed by atoms with Gasteiger partial charge in [0, 0.05) is 10.0 Å². The lowest BCUT2D eigenvalue weighted by molar-refractivity contribution is 0.0260. The third kappa shape index (κ3) is 3.18. The van der Waals surface area contributed by atoms with Crippen molar-refractivity contribution < 1.29 is 23.8 Å². The van der Waals surface area contributed by atoms with Gasteiger partial charge in [0.15, 0.2) is 17.7 Å². The van der Waals surface area contributed by atoms with E-state index in [0.717, 1.165) is 0 Å². The smallest absolute Gasteiger partial charge is 0.344 e. The first-order valence-corrected chi connectivity index (χ1v) is 8.12. The van der Waals surface area contributed by atoms with Crippen LogP contribution in [0, 0.1) is 0 Å². The topological polar surface area (TPSA) is 85.9 Å². The van der Waals surface area contributed by atoms with E-state index in [1.165, 1.54) is 14.2 Å². The van der Waals surface area contributed by atoms with E-state index in [2.05, 4.69) is 26.8 Å². The van der Waals surface area contributed by atoms with Crippen molar-refractivity contribution in [1.82, 2.24) is 10.9 Å². The van der Waals surface area contributed by atoms with Crippen molar-refractivity contribution in [1.29, 1.82) is 0 Å². The van der Waals surface area contributed by atoms with Gasteiger partial charge < -0.3 is 14.2 Å². The summed E-state index contributed by atoms with van der Waals surface area (Å²) in [5, 5.41) is 0. The molecule has 1 amide bonds. The molecule has 0 saturated carbocycles. The molecule has 2 N–H and O–H groups in total. The van der Waals surface area contributed by atoms with Crippen LogP contribution in [-0.4, -0.2) is 26.1 Å². The molecule has 0 fully saturated rings. The summed E-state index contributed by atoms with van der Waals surface area (Å²) in [7, 11) is 2.93. The van der Waals surface area contributed by atoms with Gasteiger partial charge in [-0.3, -0.25) is 10.2 Å². The van der Waals surface area contributed by atoms with Crippen LogP contribution in [0.3, 0.4) is 0 Å². The van der Waals surface area contributed by atoms with Gasteiger partial charge in [-0.2, -0.15) is 5.43 Å². The van der Waals surface area contributed by atoms with E-state index < -0.39 is 12.2 Å². The minimum atomic E-state index is -0.825. The van der Waals surface area contributed by atoms with E-state index in [9.17, 15) is 9.59 Å². The number of halogens is 1. The van der Waals surface area contributed by atoms with Gasteiger partial charge in [-0.05, 0) is 40.2 Å². The number of fused-ring (bicyclic) bond motifs is 1. The molecular weight excluding hydrogens is 392 g/mol. The number of ether oxygens (including phenoxy) is 3. The fraction of sp³-hybridized carbons (Fsp3) is 0.176. The Labute approximate surface area is 152 Å². The van der Waals surface area contributed by atoms with Crippen LogP contribution < -0.4 is 20.3 Å². The number of hydrazine groups is 1. The van der Waals surface area contributed by atoms with Crippen molar-refractivity contribution in [2.75, 3.05) is 14.2 Å². The van der Waals surface area contributed by atoms with Crippen LogP contribution in [-0.2, 0) is 4.74 Å². The number of hydrogen-bond donors (Lipinski definition) is 2. The van der Waals surface area contributed by atoms with Crippen LogP contribution in [0.4, 0.5) is 0 Å². The average molecular weight is 407 g/mol. The van der Waals surface area contributed by atoms with Crippen molar-refractivity contribution in [3.05, 3.63) is 57.6 Å². The summed E-state index contributed by atoms with van der Waals surface area (Å²) in [6.07, 6.45) is -0.825. The van der Waals surface area contributed by atoms with Crippen molar-refractivity contribution >= 4 is 27.8 Å². The van der Waals surface area contributed by atoms with E-state index >= 15 is 0 Å². The lowest BCUT2D eigenvalue weighted by Gasteiger charge is -2.15. The largest absolute Gasteiger partial charge is 0.493 e. The molecule has 1 aliphatic heterocycles. The number of rotatable bonds is 5. The summed E-state index contributed by atoms with van der Waals surface area (Å²) >= 11 is 3.32. The molecule has 25 heavy (non-hydrogen) atoms. The first-order valence-electron chi connectivity index (χ1n) is 7.33. The molecule has 1 atom stereocenters. The zero-order valence-electron chi connectivity index (χ0n) is 13.5. The second-order valence-corrected chi connectivity index (χ2v) is 5.98. The molecule has 0 radical (unpaired) electrons. The fourth-order valence-electron chi connectivity index (χ4n) is 2.55. The summed E-state index contributed by atoms with van der Waals surface area (Å²) in [4.78, 5) is 24.4. The van der Waals surface area contributed by atoms with Crippen LogP contribution in [0.5, 0.6) is 11.5 Å². The van der Waals surface area contributed by atoms with Gasteiger partial charge in [-0.15, -0.1) is 0 Å². The van der Waals surface area contributed by atoms with Crippen molar-refractivity contribution in [2.45, 2.75) is 6.23 Å². The van der Waals surface area contributed by atoms with E-state index in [1.807, 2.05) is 6.07 Å². The summed E-state index contributed by atoms with van der Waals surface area (Å²) in [6.45, 7) is 0. The second kappa shape index (κ2) is 7.12. The molecule has 130 valence electrons. The van der Waals surface area contributed by atoms with E-state index in [4.69, 9.17) is 14.2 Å². The Morgan fingerprint density at radius 3 is 2.60 bits per heavy atom. The minimum Gasteiger partial charge on any atom is -0.493 e. The highest BCUT2D eigenvalue weighted by atomic mass is 79.9. The third-order valence-corrected chi connectivity index (χ3v) is 4.42. The lowest BCUT2D eigenvalue weighted by atomic mass is 10.1. The fourth-order valence-corrected chi connectivity index (χ4v) is 3.02. The number of amides is 1. The number of carbonyl (C=O) groups is 2. The average Bonchev–Trinajstić information content (AvgIpc) is 2.95. The van der Waals surface area contributed by atoms with E-state index in [0.29, 0.717) is 27.1 Å². The molecule has 8 heteroatoms. The number of methoxy groups -OCH3 is 2. The molecule has 1 aliphatic rings. The van der Waals surface area contributed by atoms with Crippen molar-refractivity contribution in [2.24, 2.45) is 0 Å². The molecule has 0 aromatic heterocycles. The molecule has 0 aliphatic carbocycles. The van der Waals surface area contributed by atoms with Gasteiger partial charge in [0.2, 0.25) is 0 Å². The maximum atomic E-state index is 12.3. The zero-order valence-corrected chi connectivity index (χ0v) is 15.0. The first-order chi connectivity index (χ1) is 12.1. The Hall–Kier alpha value is -2.58. The molecule has 2 aromatic rings. The summed E-state index contributed by atoms with van der Waals surface area (Å²) < 4.78 is 16.4. The molecule has 0 saturated heterocycles. The molecule has 0 spiro atoms. The highest BCUT2D eigenvalue weighted by Crippen LogP contribution is 2.40. The SMILES string of the molecule is COc1ccc2c(c1OC)C(=O)OC2NNC(=O)c1ccccc1Br. The molecule has 7 nitrogen and oxygen atoms in total. The van der Waals surface area contributed by atoms with Crippen LogP contribution in [0.25, 0.3) is 0 Å². The first kappa shape index (κ1) is 17.2. The predicted molar refractivity (Wildman–Crippen MR) is 92.4 cm³/mol. The molecular formula is C17H15BrN2O5. The second-order valence-electron chi connectivity index (χ2n) is 5.13. The zero-order chi connectivity index (χ0) is 18.0. The molecule has 3 rings (SSSR count). The van der Waals surface area contributed by atoms with Crippen LogP contribution in [0.15, 0.2) is 40.9 Å². The third-order valence-electron chi connectivity index (χ3n) is 3.72. The van der Waals surface area contributed by atoms with Crippen molar-refractivity contribution in [3.8, 4) is 11.5 Å². The van der Waals surface area contributed by atoms with Gasteiger partial charge in [-0.25, -0.2) is 4.79 Å². The highest BCUT2D eigenvalue weighted by Gasteiger charge is 2.36. The van der Waals surface area contributed by atoms with Gasteiger partial charge in [0.25, 0.3) is 5.91 Å². The monoisotopic (exact) mass is 406 g/mol. The van der Waals surface area contributed by atoms with E-state index in [-0.39, 0.29) is 11.5 Å². The number of carbonyl (C=O) groups excluding carboxylic acids is 2. The predicted octanol–water partition coefficient (Wildman–Crippen LogP) is 2.57. The maximum Gasteiger partial charge on any atom is 0.344 e. The molecule has 2 aromatic carbocycles.